The van der Waals surface area contributed by atoms with Gasteiger partial charge < -0.3 is 5.11 Å². The van der Waals surface area contributed by atoms with E-state index in [0.29, 0.717) is 5.41 Å². The molecule has 1 aliphatic carbocycles. The van der Waals surface area contributed by atoms with E-state index in [1.165, 1.54) is 25.7 Å². The molecular weight excluding hydrogens is 184 g/mol. The number of aliphatic hydroxyl groups is 1. The van der Waals surface area contributed by atoms with Gasteiger partial charge in [-0.25, -0.2) is 0 Å². The molecule has 90 valence electrons. The first kappa shape index (κ1) is 13.0. The van der Waals surface area contributed by atoms with Gasteiger partial charge in [0, 0.05) is 0 Å². The summed E-state index contributed by atoms with van der Waals surface area (Å²) < 4.78 is 0. The van der Waals surface area contributed by atoms with Gasteiger partial charge in [-0.2, -0.15) is 0 Å². The molecule has 1 aliphatic rings. The van der Waals surface area contributed by atoms with E-state index >= 15 is 0 Å². The van der Waals surface area contributed by atoms with Crippen LogP contribution in [-0.2, 0) is 0 Å². The SMILES string of the molecule is CCC(O)CCCC1CCC(C)C1(C)C. The van der Waals surface area contributed by atoms with Gasteiger partial charge in [-0.15, -0.1) is 0 Å². The fourth-order valence-corrected chi connectivity index (χ4v) is 2.92. The van der Waals surface area contributed by atoms with Crippen LogP contribution in [0.25, 0.3) is 0 Å². The van der Waals surface area contributed by atoms with Gasteiger partial charge in [-0.05, 0) is 49.4 Å². The third kappa shape index (κ3) is 3.21. The third-order valence-electron chi connectivity index (χ3n) is 4.83. The van der Waals surface area contributed by atoms with E-state index in [0.717, 1.165) is 24.7 Å². The Morgan fingerprint density at radius 2 is 2.00 bits per heavy atom. The van der Waals surface area contributed by atoms with E-state index in [1.807, 2.05) is 0 Å². The standard InChI is InChI=1S/C14H28O/c1-5-13(15)8-6-7-12-10-9-11(2)14(12,3)4/h11-13,15H,5-10H2,1-4H3. The molecule has 1 fully saturated rings. The van der Waals surface area contributed by atoms with Gasteiger partial charge in [0.1, 0.15) is 0 Å². The molecule has 0 spiro atoms. The summed E-state index contributed by atoms with van der Waals surface area (Å²) >= 11 is 0. The monoisotopic (exact) mass is 212 g/mol. The molecule has 1 saturated carbocycles. The van der Waals surface area contributed by atoms with Crippen molar-refractivity contribution in [2.24, 2.45) is 17.3 Å². The number of hydrogen-bond donors (Lipinski definition) is 1. The van der Waals surface area contributed by atoms with Crippen LogP contribution in [0.15, 0.2) is 0 Å². The number of aliphatic hydroxyl groups excluding tert-OH is 1. The van der Waals surface area contributed by atoms with Crippen molar-refractivity contribution in [3.8, 4) is 0 Å². The molecule has 1 rings (SSSR count). The lowest BCUT2D eigenvalue weighted by atomic mass is 9.74. The zero-order valence-electron chi connectivity index (χ0n) is 10.9. The average molecular weight is 212 g/mol. The van der Waals surface area contributed by atoms with Gasteiger partial charge in [-0.3, -0.25) is 0 Å². The second-order valence-electron chi connectivity index (χ2n) is 5.99. The van der Waals surface area contributed by atoms with E-state index in [2.05, 4.69) is 27.7 Å². The summed E-state index contributed by atoms with van der Waals surface area (Å²) in [6, 6.07) is 0. The molecule has 1 nitrogen and oxygen atoms in total. The maximum Gasteiger partial charge on any atom is 0.0537 e. The zero-order chi connectivity index (χ0) is 11.5. The van der Waals surface area contributed by atoms with Gasteiger partial charge in [-0.1, -0.05) is 34.1 Å². The molecule has 0 bridgehead atoms. The topological polar surface area (TPSA) is 20.2 Å². The number of rotatable bonds is 5. The summed E-state index contributed by atoms with van der Waals surface area (Å²) in [5.41, 5.74) is 0.525. The van der Waals surface area contributed by atoms with Crippen LogP contribution < -0.4 is 0 Å². The Morgan fingerprint density at radius 1 is 1.33 bits per heavy atom. The van der Waals surface area contributed by atoms with Gasteiger partial charge in [0.2, 0.25) is 0 Å². The molecule has 1 N–H and O–H groups in total. The minimum atomic E-state index is -0.0630. The molecule has 3 atom stereocenters. The largest absolute Gasteiger partial charge is 0.393 e. The summed E-state index contributed by atoms with van der Waals surface area (Å²) in [6.07, 6.45) is 7.16. The van der Waals surface area contributed by atoms with Crippen LogP contribution in [0.4, 0.5) is 0 Å². The van der Waals surface area contributed by atoms with Crippen LogP contribution in [0.1, 0.15) is 66.2 Å². The quantitative estimate of drug-likeness (QED) is 0.730. The van der Waals surface area contributed by atoms with Crippen molar-refractivity contribution in [3.05, 3.63) is 0 Å². The first-order chi connectivity index (χ1) is 6.98. The van der Waals surface area contributed by atoms with Crippen molar-refractivity contribution < 1.29 is 5.11 Å². The maximum absolute atomic E-state index is 9.51. The van der Waals surface area contributed by atoms with Crippen molar-refractivity contribution >= 4 is 0 Å². The van der Waals surface area contributed by atoms with E-state index in [4.69, 9.17) is 0 Å². The van der Waals surface area contributed by atoms with Gasteiger partial charge >= 0.3 is 0 Å². The van der Waals surface area contributed by atoms with Crippen LogP contribution >= 0.6 is 0 Å². The first-order valence-corrected chi connectivity index (χ1v) is 6.66. The maximum atomic E-state index is 9.51. The predicted octanol–water partition coefficient (Wildman–Crippen LogP) is 4.00. The van der Waals surface area contributed by atoms with Crippen molar-refractivity contribution in [3.63, 3.8) is 0 Å². The molecule has 1 heteroatoms. The van der Waals surface area contributed by atoms with Crippen molar-refractivity contribution in [1.29, 1.82) is 0 Å². The van der Waals surface area contributed by atoms with Crippen molar-refractivity contribution in [2.45, 2.75) is 72.3 Å². The molecule has 0 heterocycles. The van der Waals surface area contributed by atoms with Crippen LogP contribution in [0.2, 0.25) is 0 Å². The zero-order valence-corrected chi connectivity index (χ0v) is 10.9. The minimum absolute atomic E-state index is 0.0630. The molecule has 3 unspecified atom stereocenters. The Kier molecular flexibility index (Phi) is 4.64. The predicted molar refractivity (Wildman–Crippen MR) is 65.8 cm³/mol. The lowest BCUT2D eigenvalue weighted by Gasteiger charge is -2.31. The Hall–Kier alpha value is -0.0400. The lowest BCUT2D eigenvalue weighted by molar-refractivity contribution is 0.142. The Balaban J connectivity index is 2.28. The third-order valence-corrected chi connectivity index (χ3v) is 4.83. The lowest BCUT2D eigenvalue weighted by Crippen LogP contribution is -2.23. The highest BCUT2D eigenvalue weighted by atomic mass is 16.3. The highest BCUT2D eigenvalue weighted by molar-refractivity contribution is 4.89. The van der Waals surface area contributed by atoms with Crippen LogP contribution in [0.5, 0.6) is 0 Å². The fourth-order valence-electron chi connectivity index (χ4n) is 2.92. The molecule has 0 radical (unpaired) electrons. The summed E-state index contributed by atoms with van der Waals surface area (Å²) in [5.74, 6) is 1.76. The van der Waals surface area contributed by atoms with Crippen LogP contribution in [0.3, 0.4) is 0 Å². The molecule has 0 saturated heterocycles. The summed E-state index contributed by atoms with van der Waals surface area (Å²) in [4.78, 5) is 0. The molecule has 0 amide bonds. The molecule has 0 aromatic carbocycles. The minimum Gasteiger partial charge on any atom is -0.393 e. The second-order valence-corrected chi connectivity index (χ2v) is 5.99. The molecular formula is C14H28O. The Morgan fingerprint density at radius 3 is 2.47 bits per heavy atom. The number of hydrogen-bond acceptors (Lipinski definition) is 1. The van der Waals surface area contributed by atoms with E-state index in [1.54, 1.807) is 0 Å². The fraction of sp³-hybridized carbons (Fsp3) is 1.00. The molecule has 15 heavy (non-hydrogen) atoms. The highest BCUT2D eigenvalue weighted by Gasteiger charge is 2.39. The van der Waals surface area contributed by atoms with Gasteiger partial charge in [0.25, 0.3) is 0 Å². The smallest absolute Gasteiger partial charge is 0.0537 e. The van der Waals surface area contributed by atoms with Crippen LogP contribution in [-0.4, -0.2) is 11.2 Å². The van der Waals surface area contributed by atoms with E-state index in [9.17, 15) is 5.11 Å². The van der Waals surface area contributed by atoms with Crippen molar-refractivity contribution in [1.82, 2.24) is 0 Å². The summed E-state index contributed by atoms with van der Waals surface area (Å²) in [6.45, 7) is 9.30. The van der Waals surface area contributed by atoms with Gasteiger partial charge in [0.05, 0.1) is 6.10 Å². The molecule has 0 aromatic rings. The van der Waals surface area contributed by atoms with E-state index < -0.39 is 0 Å². The van der Waals surface area contributed by atoms with Crippen molar-refractivity contribution in [2.75, 3.05) is 0 Å². The van der Waals surface area contributed by atoms with Crippen LogP contribution in [0, 0.1) is 17.3 Å². The normalized spacial score (nSPS) is 31.8. The summed E-state index contributed by atoms with van der Waals surface area (Å²) in [7, 11) is 0. The first-order valence-electron chi connectivity index (χ1n) is 6.66. The Bertz CT molecular complexity index is 186. The molecule has 0 aliphatic heterocycles. The molecule has 0 aromatic heterocycles. The Labute approximate surface area is 95.3 Å². The van der Waals surface area contributed by atoms with Gasteiger partial charge in [0.15, 0.2) is 0 Å². The summed E-state index contributed by atoms with van der Waals surface area (Å²) in [5, 5.41) is 9.51. The average Bonchev–Trinajstić information content (AvgIpc) is 2.44. The highest BCUT2D eigenvalue weighted by Crippen LogP contribution is 2.49. The second kappa shape index (κ2) is 5.34. The van der Waals surface area contributed by atoms with E-state index in [-0.39, 0.29) is 6.10 Å².